The Morgan fingerprint density at radius 3 is 2.85 bits per heavy atom. The Bertz CT molecular complexity index is 221. The maximum Gasteiger partial charge on any atom is 0.257 e. The van der Waals surface area contributed by atoms with E-state index in [4.69, 9.17) is 0 Å². The molecule has 0 bridgehead atoms. The minimum absolute atomic E-state index is 0.0890. The highest BCUT2D eigenvalue weighted by molar-refractivity contribution is 5.21. The normalized spacial score (nSPS) is 27.8. The number of allylic oxidation sites excluding steroid dienone is 2. The van der Waals surface area contributed by atoms with Gasteiger partial charge in [0.25, 0.3) is 5.92 Å². The predicted molar refractivity (Wildman–Crippen MR) is 49.9 cm³/mol. The van der Waals surface area contributed by atoms with Crippen molar-refractivity contribution < 1.29 is 8.78 Å². The fourth-order valence-electron chi connectivity index (χ4n) is 1.56. The molecule has 1 fully saturated rings. The summed E-state index contributed by atoms with van der Waals surface area (Å²) in [6.07, 6.45) is 3.31. The van der Waals surface area contributed by atoms with Crippen LogP contribution in [0, 0.1) is 5.92 Å². The Hall–Kier alpha value is -0.700. The smallest absolute Gasteiger partial charge is 0.257 e. The highest BCUT2D eigenvalue weighted by Crippen LogP contribution is 2.34. The number of alkyl halides is 2. The third-order valence-corrected chi connectivity index (χ3v) is 2.32. The van der Waals surface area contributed by atoms with Crippen LogP contribution in [0.1, 0.15) is 13.3 Å². The molecule has 0 aromatic carbocycles. The van der Waals surface area contributed by atoms with Crippen molar-refractivity contribution in [3.63, 3.8) is 0 Å². The van der Waals surface area contributed by atoms with Gasteiger partial charge in [-0.2, -0.15) is 0 Å². The zero-order chi connectivity index (χ0) is 9.90. The van der Waals surface area contributed by atoms with Gasteiger partial charge in [0.2, 0.25) is 0 Å². The first-order chi connectivity index (χ1) is 6.08. The Balaban J connectivity index is 2.70. The van der Waals surface area contributed by atoms with Crippen molar-refractivity contribution >= 4 is 0 Å². The van der Waals surface area contributed by atoms with Crippen molar-refractivity contribution in [2.24, 2.45) is 5.92 Å². The first-order valence-corrected chi connectivity index (χ1v) is 4.48. The summed E-state index contributed by atoms with van der Waals surface area (Å²) in [7, 11) is 0. The average molecular weight is 187 g/mol. The van der Waals surface area contributed by atoms with Gasteiger partial charge < -0.3 is 5.32 Å². The molecule has 1 saturated heterocycles. The standard InChI is InChI=1S/C10H15F2N/c1-3-4-8(2)9-7-13-6-5-10(9,11)12/h3-4,9,13H,2,5-7H2,1H3/b4-3+. The zero-order valence-electron chi connectivity index (χ0n) is 7.82. The van der Waals surface area contributed by atoms with Crippen LogP contribution in [0.25, 0.3) is 0 Å². The fraction of sp³-hybridized carbons (Fsp3) is 0.600. The Kier molecular flexibility index (Phi) is 3.20. The lowest BCUT2D eigenvalue weighted by Gasteiger charge is -2.32. The summed E-state index contributed by atoms with van der Waals surface area (Å²) in [4.78, 5) is 0. The molecule has 0 radical (unpaired) electrons. The van der Waals surface area contributed by atoms with E-state index < -0.39 is 11.8 Å². The fourth-order valence-corrected chi connectivity index (χ4v) is 1.56. The van der Waals surface area contributed by atoms with Crippen LogP contribution in [0.2, 0.25) is 0 Å². The summed E-state index contributed by atoms with van der Waals surface area (Å²) in [6, 6.07) is 0. The van der Waals surface area contributed by atoms with Gasteiger partial charge >= 0.3 is 0 Å². The van der Waals surface area contributed by atoms with E-state index in [0.717, 1.165) is 0 Å². The molecule has 0 aliphatic carbocycles. The second-order valence-electron chi connectivity index (χ2n) is 3.34. The number of halogens is 2. The molecule has 1 aliphatic heterocycles. The van der Waals surface area contributed by atoms with Crippen molar-refractivity contribution in [3.05, 3.63) is 24.3 Å². The summed E-state index contributed by atoms with van der Waals surface area (Å²) < 4.78 is 26.6. The number of piperidine rings is 1. The largest absolute Gasteiger partial charge is 0.316 e. The minimum Gasteiger partial charge on any atom is -0.316 e. The predicted octanol–water partition coefficient (Wildman–Crippen LogP) is 2.36. The minimum atomic E-state index is -2.60. The van der Waals surface area contributed by atoms with Crippen molar-refractivity contribution in [1.29, 1.82) is 0 Å². The summed E-state index contributed by atoms with van der Waals surface area (Å²) in [5.41, 5.74) is 0.514. The van der Waals surface area contributed by atoms with Gasteiger partial charge in [0.05, 0.1) is 5.92 Å². The molecule has 0 aromatic rings. The van der Waals surface area contributed by atoms with Crippen LogP contribution in [-0.4, -0.2) is 19.0 Å². The van der Waals surface area contributed by atoms with E-state index in [1.807, 2.05) is 0 Å². The topological polar surface area (TPSA) is 12.0 Å². The van der Waals surface area contributed by atoms with E-state index in [2.05, 4.69) is 11.9 Å². The molecule has 1 rings (SSSR count). The molecular weight excluding hydrogens is 172 g/mol. The number of nitrogens with one attached hydrogen (secondary N) is 1. The molecule has 1 aliphatic rings. The summed E-state index contributed by atoms with van der Waals surface area (Å²) in [5, 5.41) is 2.96. The molecule has 0 aromatic heterocycles. The van der Waals surface area contributed by atoms with E-state index >= 15 is 0 Å². The molecule has 13 heavy (non-hydrogen) atoms. The molecule has 3 heteroatoms. The van der Waals surface area contributed by atoms with Crippen LogP contribution < -0.4 is 5.32 Å². The van der Waals surface area contributed by atoms with Gasteiger partial charge in [0.15, 0.2) is 0 Å². The van der Waals surface area contributed by atoms with Crippen LogP contribution in [0.3, 0.4) is 0 Å². The molecule has 0 saturated carbocycles. The van der Waals surface area contributed by atoms with Crippen molar-refractivity contribution in [3.8, 4) is 0 Å². The monoisotopic (exact) mass is 187 g/mol. The van der Waals surface area contributed by atoms with E-state index in [9.17, 15) is 8.78 Å². The Labute approximate surface area is 77.5 Å². The summed E-state index contributed by atoms with van der Waals surface area (Å²) in [5.74, 6) is -3.33. The highest BCUT2D eigenvalue weighted by Gasteiger charge is 2.42. The van der Waals surface area contributed by atoms with Gasteiger partial charge in [-0.15, -0.1) is 0 Å². The maximum atomic E-state index is 13.3. The lowest BCUT2D eigenvalue weighted by Crippen LogP contribution is -2.45. The van der Waals surface area contributed by atoms with Crippen molar-refractivity contribution in [2.75, 3.05) is 13.1 Å². The van der Waals surface area contributed by atoms with Gasteiger partial charge in [-0.3, -0.25) is 0 Å². The SMILES string of the molecule is C=C(/C=C/C)C1CNCCC1(F)F. The third kappa shape index (κ3) is 2.37. The van der Waals surface area contributed by atoms with E-state index in [-0.39, 0.29) is 6.42 Å². The van der Waals surface area contributed by atoms with Crippen LogP contribution in [0.5, 0.6) is 0 Å². The first kappa shape index (κ1) is 10.4. The first-order valence-electron chi connectivity index (χ1n) is 4.48. The van der Waals surface area contributed by atoms with E-state index in [1.165, 1.54) is 0 Å². The van der Waals surface area contributed by atoms with Crippen molar-refractivity contribution in [2.45, 2.75) is 19.3 Å². The van der Waals surface area contributed by atoms with Gasteiger partial charge in [0, 0.05) is 19.5 Å². The zero-order valence-corrected chi connectivity index (χ0v) is 7.82. The lowest BCUT2D eigenvalue weighted by molar-refractivity contribution is -0.0629. The Morgan fingerprint density at radius 1 is 1.62 bits per heavy atom. The third-order valence-electron chi connectivity index (χ3n) is 2.32. The molecule has 1 nitrogen and oxygen atoms in total. The molecule has 1 unspecified atom stereocenters. The second-order valence-corrected chi connectivity index (χ2v) is 3.34. The van der Waals surface area contributed by atoms with Gasteiger partial charge in [-0.1, -0.05) is 18.7 Å². The molecule has 0 spiro atoms. The molecule has 1 heterocycles. The van der Waals surface area contributed by atoms with E-state index in [1.54, 1.807) is 19.1 Å². The Morgan fingerprint density at radius 2 is 2.31 bits per heavy atom. The number of hydrogen-bond donors (Lipinski definition) is 1. The van der Waals surface area contributed by atoms with Gasteiger partial charge in [-0.25, -0.2) is 8.78 Å². The summed E-state index contributed by atoms with van der Waals surface area (Å²) >= 11 is 0. The molecule has 74 valence electrons. The number of hydrogen-bond acceptors (Lipinski definition) is 1. The second kappa shape index (κ2) is 4.01. The van der Waals surface area contributed by atoms with Crippen molar-refractivity contribution in [1.82, 2.24) is 5.32 Å². The van der Waals surface area contributed by atoms with Crippen LogP contribution in [-0.2, 0) is 0 Å². The number of rotatable bonds is 2. The lowest BCUT2D eigenvalue weighted by atomic mass is 9.88. The molecular formula is C10H15F2N. The van der Waals surface area contributed by atoms with Gasteiger partial charge in [-0.05, 0) is 12.5 Å². The highest BCUT2D eigenvalue weighted by atomic mass is 19.3. The quantitative estimate of drug-likeness (QED) is 0.654. The van der Waals surface area contributed by atoms with Crippen LogP contribution in [0.4, 0.5) is 8.78 Å². The van der Waals surface area contributed by atoms with Crippen LogP contribution >= 0.6 is 0 Å². The molecule has 0 amide bonds. The van der Waals surface area contributed by atoms with Crippen LogP contribution in [0.15, 0.2) is 24.3 Å². The van der Waals surface area contributed by atoms with E-state index in [0.29, 0.717) is 18.7 Å². The maximum absolute atomic E-state index is 13.3. The van der Waals surface area contributed by atoms with Gasteiger partial charge in [0.1, 0.15) is 0 Å². The average Bonchev–Trinajstić information content (AvgIpc) is 2.03. The molecule has 1 N–H and O–H groups in total. The summed E-state index contributed by atoms with van der Waals surface area (Å²) in [6.45, 7) is 6.19. The molecule has 1 atom stereocenters.